The van der Waals surface area contributed by atoms with Crippen LogP contribution in [-0.2, 0) is 6.42 Å². The van der Waals surface area contributed by atoms with Gasteiger partial charge in [0.15, 0.2) is 5.78 Å². The summed E-state index contributed by atoms with van der Waals surface area (Å²) in [6.07, 6.45) is 0.396. The van der Waals surface area contributed by atoms with Crippen molar-refractivity contribution in [2.75, 3.05) is 0 Å². The highest BCUT2D eigenvalue weighted by atomic mass is 79.9. The minimum Gasteiger partial charge on any atom is -0.293 e. The molecule has 0 saturated heterocycles. The third-order valence-electron chi connectivity index (χ3n) is 2.39. The molecule has 0 unspecified atom stereocenters. The van der Waals surface area contributed by atoms with Gasteiger partial charge in [0.1, 0.15) is 0 Å². The molecule has 1 heterocycles. The van der Waals surface area contributed by atoms with Gasteiger partial charge < -0.3 is 0 Å². The quantitative estimate of drug-likeness (QED) is 0.732. The monoisotopic (exact) mass is 328 g/mol. The van der Waals surface area contributed by atoms with E-state index in [9.17, 15) is 4.79 Å². The molecule has 17 heavy (non-hydrogen) atoms. The number of rotatable bonds is 3. The molecule has 1 aromatic heterocycles. The maximum Gasteiger partial charge on any atom is 0.177 e. The van der Waals surface area contributed by atoms with Crippen LogP contribution < -0.4 is 0 Å². The lowest BCUT2D eigenvalue weighted by atomic mass is 10.1. The van der Waals surface area contributed by atoms with Crippen molar-refractivity contribution in [3.8, 4) is 0 Å². The maximum absolute atomic E-state index is 12.0. The number of hydrogen-bond donors (Lipinski definition) is 0. The molecule has 4 heteroatoms. The van der Waals surface area contributed by atoms with E-state index in [0.717, 1.165) is 19.8 Å². The zero-order valence-electron chi connectivity index (χ0n) is 9.17. The Morgan fingerprint density at radius 3 is 2.76 bits per heavy atom. The van der Waals surface area contributed by atoms with E-state index in [2.05, 4.69) is 15.9 Å². The van der Waals surface area contributed by atoms with Crippen LogP contribution in [-0.4, -0.2) is 5.78 Å². The van der Waals surface area contributed by atoms with Gasteiger partial charge in [0.25, 0.3) is 0 Å². The Morgan fingerprint density at radius 1 is 1.41 bits per heavy atom. The van der Waals surface area contributed by atoms with Crippen molar-refractivity contribution in [1.82, 2.24) is 0 Å². The summed E-state index contributed by atoms with van der Waals surface area (Å²) in [4.78, 5) is 13.9. The fourth-order valence-corrected chi connectivity index (χ4v) is 3.20. The molecule has 0 N–H and O–H groups in total. The lowest BCUT2D eigenvalue weighted by Crippen LogP contribution is -2.00. The Morgan fingerprint density at radius 2 is 2.18 bits per heavy atom. The second-order valence-corrected chi connectivity index (χ2v) is 6.29. The fraction of sp³-hybridized carbons (Fsp3) is 0.154. The van der Waals surface area contributed by atoms with Gasteiger partial charge in [-0.2, -0.15) is 0 Å². The summed E-state index contributed by atoms with van der Waals surface area (Å²) >= 11 is 10.8. The van der Waals surface area contributed by atoms with Crippen LogP contribution >= 0.6 is 38.9 Å². The molecule has 0 radical (unpaired) electrons. The summed E-state index contributed by atoms with van der Waals surface area (Å²) in [7, 11) is 0. The molecule has 0 spiro atoms. The van der Waals surface area contributed by atoms with Crippen LogP contribution in [0.15, 0.2) is 34.8 Å². The number of carbonyl (C=O) groups is 1. The minimum atomic E-state index is 0.131. The molecule has 2 rings (SSSR count). The van der Waals surface area contributed by atoms with E-state index in [1.807, 2.05) is 31.2 Å². The number of benzene rings is 1. The molecule has 0 saturated carbocycles. The predicted octanol–water partition coefficient (Wildman–Crippen LogP) is 4.90. The van der Waals surface area contributed by atoms with E-state index in [1.165, 1.54) is 11.3 Å². The van der Waals surface area contributed by atoms with Gasteiger partial charge in [0.2, 0.25) is 0 Å². The maximum atomic E-state index is 12.0. The highest BCUT2D eigenvalue weighted by molar-refractivity contribution is 9.10. The van der Waals surface area contributed by atoms with Gasteiger partial charge in [-0.05, 0) is 46.6 Å². The fourth-order valence-electron chi connectivity index (χ4n) is 1.52. The van der Waals surface area contributed by atoms with E-state index in [1.54, 1.807) is 6.07 Å². The van der Waals surface area contributed by atoms with Gasteiger partial charge in [0.05, 0.1) is 4.88 Å². The van der Waals surface area contributed by atoms with Gasteiger partial charge in [0, 0.05) is 20.8 Å². The Hall–Kier alpha value is -0.640. The first-order chi connectivity index (χ1) is 8.06. The first-order valence-electron chi connectivity index (χ1n) is 5.10. The van der Waals surface area contributed by atoms with Gasteiger partial charge in [-0.3, -0.25) is 4.79 Å². The van der Waals surface area contributed by atoms with E-state index >= 15 is 0 Å². The molecule has 1 aromatic carbocycles. The van der Waals surface area contributed by atoms with Crippen LogP contribution in [0.1, 0.15) is 20.1 Å². The smallest absolute Gasteiger partial charge is 0.177 e. The Labute approximate surface area is 118 Å². The summed E-state index contributed by atoms with van der Waals surface area (Å²) in [5.74, 6) is 0.131. The summed E-state index contributed by atoms with van der Waals surface area (Å²) in [6, 6.07) is 9.29. The van der Waals surface area contributed by atoms with Crippen molar-refractivity contribution in [3.63, 3.8) is 0 Å². The minimum absolute atomic E-state index is 0.131. The van der Waals surface area contributed by atoms with Crippen molar-refractivity contribution in [1.29, 1.82) is 0 Å². The zero-order chi connectivity index (χ0) is 12.4. The number of ketones is 1. The molecule has 88 valence electrons. The average molecular weight is 330 g/mol. The summed E-state index contributed by atoms with van der Waals surface area (Å²) in [6.45, 7) is 1.99. The highest BCUT2D eigenvalue weighted by Crippen LogP contribution is 2.27. The molecule has 0 atom stereocenters. The second-order valence-electron chi connectivity index (χ2n) is 3.74. The predicted molar refractivity (Wildman–Crippen MR) is 76.2 cm³/mol. The van der Waals surface area contributed by atoms with Crippen molar-refractivity contribution >= 4 is 44.7 Å². The molecule has 0 aliphatic rings. The molecule has 0 amide bonds. The topological polar surface area (TPSA) is 17.1 Å². The largest absolute Gasteiger partial charge is 0.293 e. The molecule has 0 bridgehead atoms. The molecule has 0 fully saturated rings. The Bertz CT molecular complexity index is 543. The summed E-state index contributed by atoms with van der Waals surface area (Å²) in [5.41, 5.74) is 0.949. The Balaban J connectivity index is 2.17. The van der Waals surface area contributed by atoms with E-state index < -0.39 is 0 Å². The Kier molecular flexibility index (Phi) is 4.02. The van der Waals surface area contributed by atoms with Crippen molar-refractivity contribution in [3.05, 3.63) is 55.1 Å². The summed E-state index contributed by atoms with van der Waals surface area (Å²) < 4.78 is 0.997. The van der Waals surface area contributed by atoms with E-state index in [-0.39, 0.29) is 5.78 Å². The van der Waals surface area contributed by atoms with E-state index in [4.69, 9.17) is 11.6 Å². The summed E-state index contributed by atoms with van der Waals surface area (Å²) in [5, 5.41) is 0.666. The first kappa shape index (κ1) is 12.8. The van der Waals surface area contributed by atoms with Crippen molar-refractivity contribution < 1.29 is 4.79 Å². The van der Waals surface area contributed by atoms with Gasteiger partial charge in [-0.1, -0.05) is 23.7 Å². The number of carbonyl (C=O) groups excluding carboxylic acids is 1. The molecule has 2 aromatic rings. The lowest BCUT2D eigenvalue weighted by molar-refractivity contribution is 0.0997. The van der Waals surface area contributed by atoms with Crippen LogP contribution in [0.25, 0.3) is 0 Å². The van der Waals surface area contributed by atoms with Gasteiger partial charge >= 0.3 is 0 Å². The van der Waals surface area contributed by atoms with Crippen molar-refractivity contribution in [2.24, 2.45) is 0 Å². The van der Waals surface area contributed by atoms with Crippen LogP contribution in [0.4, 0.5) is 0 Å². The van der Waals surface area contributed by atoms with Crippen molar-refractivity contribution in [2.45, 2.75) is 13.3 Å². The normalized spacial score (nSPS) is 10.5. The van der Waals surface area contributed by atoms with Gasteiger partial charge in [-0.25, -0.2) is 0 Å². The van der Waals surface area contributed by atoms with Crippen LogP contribution in [0.5, 0.6) is 0 Å². The zero-order valence-corrected chi connectivity index (χ0v) is 12.3. The molecule has 0 aliphatic carbocycles. The van der Waals surface area contributed by atoms with Crippen LogP contribution in [0.3, 0.4) is 0 Å². The number of aryl methyl sites for hydroxylation is 1. The van der Waals surface area contributed by atoms with Gasteiger partial charge in [-0.15, -0.1) is 11.3 Å². The third kappa shape index (κ3) is 3.18. The average Bonchev–Trinajstić information content (AvgIpc) is 2.59. The lowest BCUT2D eigenvalue weighted by Gasteiger charge is -1.99. The third-order valence-corrected chi connectivity index (χ3v) is 4.80. The molecule has 1 nitrogen and oxygen atoms in total. The SMILES string of the molecule is Cc1sc(C(=O)Cc2cccc(Cl)c2)cc1Br. The van der Waals surface area contributed by atoms with Crippen LogP contribution in [0.2, 0.25) is 5.02 Å². The molecular formula is C13H10BrClOS. The van der Waals surface area contributed by atoms with E-state index in [0.29, 0.717) is 11.4 Å². The number of halogens is 2. The molecule has 0 aliphatic heterocycles. The standard InChI is InChI=1S/C13H10BrClOS/c1-8-11(14)7-13(17-8)12(16)6-9-3-2-4-10(15)5-9/h2-5,7H,6H2,1H3. The number of Topliss-reactive ketones (excluding diaryl/α,β-unsaturated/α-hetero) is 1. The number of hydrogen-bond acceptors (Lipinski definition) is 2. The van der Waals surface area contributed by atoms with Crippen LogP contribution in [0, 0.1) is 6.92 Å². The second kappa shape index (κ2) is 5.34. The molecular weight excluding hydrogens is 320 g/mol. The highest BCUT2D eigenvalue weighted by Gasteiger charge is 2.11. The number of thiophene rings is 1. The first-order valence-corrected chi connectivity index (χ1v) is 7.08.